The molecular weight excluding hydrogens is 324 g/mol. The minimum Gasteiger partial charge on any atom is -0.467 e. The SMILES string of the molecule is O=C(C=NOCC(=O)NCc1ccco1)Nc1ccc(F)cc1F. The molecule has 1 aromatic carbocycles. The van der Waals surface area contributed by atoms with E-state index in [1.807, 2.05) is 0 Å². The second-order valence-electron chi connectivity index (χ2n) is 4.48. The zero-order valence-electron chi connectivity index (χ0n) is 12.3. The van der Waals surface area contributed by atoms with E-state index >= 15 is 0 Å². The van der Waals surface area contributed by atoms with Crippen LogP contribution in [0.3, 0.4) is 0 Å². The molecule has 2 aromatic rings. The van der Waals surface area contributed by atoms with Crippen LogP contribution in [0.25, 0.3) is 0 Å². The third kappa shape index (κ3) is 5.52. The molecular formula is C15H13F2N3O4. The van der Waals surface area contributed by atoms with Gasteiger partial charge in [-0.3, -0.25) is 9.59 Å². The first-order valence-corrected chi connectivity index (χ1v) is 6.75. The maximum Gasteiger partial charge on any atom is 0.270 e. The molecule has 1 aromatic heterocycles. The van der Waals surface area contributed by atoms with E-state index < -0.39 is 30.1 Å². The molecule has 24 heavy (non-hydrogen) atoms. The zero-order valence-corrected chi connectivity index (χ0v) is 12.3. The van der Waals surface area contributed by atoms with Gasteiger partial charge in [0.1, 0.15) is 23.6 Å². The number of carbonyl (C=O) groups is 2. The molecule has 1 heterocycles. The number of furan rings is 1. The molecule has 0 atom stereocenters. The van der Waals surface area contributed by atoms with Crippen molar-refractivity contribution in [3.8, 4) is 0 Å². The fourth-order valence-corrected chi connectivity index (χ4v) is 1.59. The highest BCUT2D eigenvalue weighted by molar-refractivity contribution is 6.31. The van der Waals surface area contributed by atoms with Gasteiger partial charge in [0.15, 0.2) is 6.61 Å². The summed E-state index contributed by atoms with van der Waals surface area (Å²) in [6.07, 6.45) is 2.20. The summed E-state index contributed by atoms with van der Waals surface area (Å²) in [6.45, 7) is -0.210. The molecule has 0 spiro atoms. The lowest BCUT2D eigenvalue weighted by atomic mass is 10.3. The monoisotopic (exact) mass is 337 g/mol. The van der Waals surface area contributed by atoms with Crippen molar-refractivity contribution in [3.63, 3.8) is 0 Å². The number of benzene rings is 1. The fourth-order valence-electron chi connectivity index (χ4n) is 1.59. The van der Waals surface area contributed by atoms with Crippen LogP contribution in [0.15, 0.2) is 46.2 Å². The Kier molecular flexibility index (Phi) is 6.01. The van der Waals surface area contributed by atoms with Gasteiger partial charge in [0.2, 0.25) is 0 Å². The highest BCUT2D eigenvalue weighted by atomic mass is 19.1. The largest absolute Gasteiger partial charge is 0.467 e. The van der Waals surface area contributed by atoms with Crippen LogP contribution < -0.4 is 10.6 Å². The molecule has 0 aliphatic carbocycles. The number of hydrogen-bond acceptors (Lipinski definition) is 5. The lowest BCUT2D eigenvalue weighted by Gasteiger charge is -2.03. The average molecular weight is 337 g/mol. The number of amides is 2. The summed E-state index contributed by atoms with van der Waals surface area (Å²) in [5, 5.41) is 7.94. The molecule has 0 aliphatic rings. The Morgan fingerprint density at radius 3 is 2.83 bits per heavy atom. The van der Waals surface area contributed by atoms with Gasteiger partial charge in [0, 0.05) is 6.07 Å². The van der Waals surface area contributed by atoms with E-state index in [0.29, 0.717) is 11.8 Å². The molecule has 126 valence electrons. The molecule has 2 N–H and O–H groups in total. The molecule has 0 fully saturated rings. The number of anilines is 1. The lowest BCUT2D eigenvalue weighted by Crippen LogP contribution is -2.26. The van der Waals surface area contributed by atoms with Gasteiger partial charge in [0.05, 0.1) is 18.5 Å². The van der Waals surface area contributed by atoms with E-state index in [9.17, 15) is 18.4 Å². The first-order chi connectivity index (χ1) is 11.5. The van der Waals surface area contributed by atoms with Gasteiger partial charge in [-0.25, -0.2) is 8.78 Å². The van der Waals surface area contributed by atoms with Crippen molar-refractivity contribution in [2.75, 3.05) is 11.9 Å². The highest BCUT2D eigenvalue weighted by Gasteiger charge is 2.07. The van der Waals surface area contributed by atoms with Crippen LogP contribution in [0, 0.1) is 11.6 Å². The Hall–Kier alpha value is -3.23. The number of hydrogen-bond donors (Lipinski definition) is 2. The van der Waals surface area contributed by atoms with Gasteiger partial charge in [-0.2, -0.15) is 0 Å². The number of carbonyl (C=O) groups excluding carboxylic acids is 2. The highest BCUT2D eigenvalue weighted by Crippen LogP contribution is 2.14. The van der Waals surface area contributed by atoms with E-state index in [2.05, 4.69) is 20.6 Å². The number of rotatable bonds is 7. The number of halogens is 2. The summed E-state index contributed by atoms with van der Waals surface area (Å²) in [7, 11) is 0. The third-order valence-electron chi connectivity index (χ3n) is 2.67. The van der Waals surface area contributed by atoms with Gasteiger partial charge in [-0.05, 0) is 24.3 Å². The van der Waals surface area contributed by atoms with Gasteiger partial charge >= 0.3 is 0 Å². The van der Waals surface area contributed by atoms with Crippen molar-refractivity contribution in [3.05, 3.63) is 54.0 Å². The second-order valence-corrected chi connectivity index (χ2v) is 4.48. The first kappa shape index (κ1) is 17.1. The van der Waals surface area contributed by atoms with E-state index in [1.165, 1.54) is 6.26 Å². The molecule has 0 bridgehead atoms. The van der Waals surface area contributed by atoms with Crippen LogP contribution >= 0.6 is 0 Å². The van der Waals surface area contributed by atoms with Crippen molar-refractivity contribution >= 4 is 23.7 Å². The summed E-state index contributed by atoms with van der Waals surface area (Å²) in [4.78, 5) is 27.5. The molecule has 9 heteroatoms. The van der Waals surface area contributed by atoms with Crippen LogP contribution in [0.1, 0.15) is 5.76 Å². The van der Waals surface area contributed by atoms with Gasteiger partial charge < -0.3 is 19.9 Å². The lowest BCUT2D eigenvalue weighted by molar-refractivity contribution is -0.126. The van der Waals surface area contributed by atoms with Crippen molar-refractivity contribution < 1.29 is 27.6 Å². The van der Waals surface area contributed by atoms with E-state index in [1.54, 1.807) is 12.1 Å². The molecule has 0 unspecified atom stereocenters. The average Bonchev–Trinajstić information content (AvgIpc) is 3.06. The van der Waals surface area contributed by atoms with Crippen molar-refractivity contribution in [2.24, 2.45) is 5.16 Å². The van der Waals surface area contributed by atoms with Crippen molar-refractivity contribution in [1.29, 1.82) is 0 Å². The quantitative estimate of drug-likeness (QED) is 0.595. The smallest absolute Gasteiger partial charge is 0.270 e. The molecule has 2 rings (SSSR count). The van der Waals surface area contributed by atoms with Crippen LogP contribution in [0.5, 0.6) is 0 Å². The molecule has 0 saturated carbocycles. The molecule has 7 nitrogen and oxygen atoms in total. The normalized spacial score (nSPS) is 10.6. The van der Waals surface area contributed by atoms with Gasteiger partial charge in [-0.1, -0.05) is 5.16 Å². The van der Waals surface area contributed by atoms with Crippen LogP contribution in [-0.4, -0.2) is 24.6 Å². The Morgan fingerprint density at radius 2 is 2.12 bits per heavy atom. The fraction of sp³-hybridized carbons (Fsp3) is 0.133. The summed E-state index contributed by atoms with van der Waals surface area (Å²) in [5.41, 5.74) is -0.205. The maximum absolute atomic E-state index is 13.3. The van der Waals surface area contributed by atoms with E-state index in [0.717, 1.165) is 18.3 Å². The molecule has 0 radical (unpaired) electrons. The topological polar surface area (TPSA) is 92.9 Å². The van der Waals surface area contributed by atoms with Crippen LogP contribution in [0.4, 0.5) is 14.5 Å². The predicted molar refractivity (Wildman–Crippen MR) is 80.0 cm³/mol. The Balaban J connectivity index is 1.69. The maximum atomic E-state index is 13.3. The van der Waals surface area contributed by atoms with Crippen LogP contribution in [0.2, 0.25) is 0 Å². The molecule has 2 amide bonds. The van der Waals surface area contributed by atoms with E-state index in [4.69, 9.17) is 4.42 Å². The number of nitrogens with zero attached hydrogens (tertiary/aromatic N) is 1. The Labute approximate surface area is 135 Å². The number of nitrogens with one attached hydrogen (secondary N) is 2. The standard InChI is InChI=1S/C15H13F2N3O4/c16-10-3-4-13(12(17)6-10)20-14(21)8-19-24-9-15(22)18-7-11-2-1-5-23-11/h1-6,8H,7,9H2,(H,18,22)(H,20,21). The van der Waals surface area contributed by atoms with Gasteiger partial charge in [0.25, 0.3) is 11.8 Å². The van der Waals surface area contributed by atoms with Crippen molar-refractivity contribution in [2.45, 2.75) is 6.54 Å². The Morgan fingerprint density at radius 1 is 1.29 bits per heavy atom. The summed E-state index contributed by atoms with van der Waals surface area (Å²) in [6, 6.07) is 6.07. The summed E-state index contributed by atoms with van der Waals surface area (Å²) < 4.78 is 31.1. The first-order valence-electron chi connectivity index (χ1n) is 6.75. The summed E-state index contributed by atoms with van der Waals surface area (Å²) >= 11 is 0. The minimum absolute atomic E-state index is 0.198. The molecule has 0 saturated heterocycles. The Bertz CT molecular complexity index is 732. The third-order valence-corrected chi connectivity index (χ3v) is 2.67. The predicted octanol–water partition coefficient (Wildman–Crippen LogP) is 1.82. The second kappa shape index (κ2) is 8.42. The number of oxime groups is 1. The van der Waals surface area contributed by atoms with Crippen molar-refractivity contribution in [1.82, 2.24) is 5.32 Å². The minimum atomic E-state index is -0.921. The van der Waals surface area contributed by atoms with Gasteiger partial charge in [-0.15, -0.1) is 0 Å². The van der Waals surface area contributed by atoms with E-state index in [-0.39, 0.29) is 12.2 Å². The molecule has 0 aliphatic heterocycles. The zero-order chi connectivity index (χ0) is 17.4. The van der Waals surface area contributed by atoms with Crippen LogP contribution in [-0.2, 0) is 21.0 Å². The summed E-state index contributed by atoms with van der Waals surface area (Å²) in [5.74, 6) is -2.37.